The van der Waals surface area contributed by atoms with Gasteiger partial charge in [-0.1, -0.05) is 0 Å². The number of amides is 1. The van der Waals surface area contributed by atoms with E-state index >= 15 is 0 Å². The Morgan fingerprint density at radius 1 is 1.44 bits per heavy atom. The molecule has 0 atom stereocenters. The van der Waals surface area contributed by atoms with Crippen LogP contribution in [0.1, 0.15) is 26.1 Å². The number of nitrogen functional groups attached to an aromatic ring is 1. The lowest BCUT2D eigenvalue weighted by atomic mass is 10.3. The molecule has 96 valence electrons. The number of thiophene rings is 1. The number of rotatable bonds is 3. The van der Waals surface area contributed by atoms with E-state index in [1.807, 2.05) is 26.0 Å². The van der Waals surface area contributed by atoms with Gasteiger partial charge in [0.2, 0.25) is 0 Å². The van der Waals surface area contributed by atoms with E-state index in [0.717, 1.165) is 16.4 Å². The Balaban J connectivity index is 2.09. The molecule has 2 aromatic rings. The Bertz CT molecular complexity index is 552. The summed E-state index contributed by atoms with van der Waals surface area (Å²) in [6.07, 6.45) is 0. The second-order valence-electron chi connectivity index (χ2n) is 4.30. The van der Waals surface area contributed by atoms with Crippen molar-refractivity contribution in [2.45, 2.75) is 20.4 Å². The van der Waals surface area contributed by atoms with Crippen molar-refractivity contribution in [3.63, 3.8) is 0 Å². The van der Waals surface area contributed by atoms with Gasteiger partial charge >= 0.3 is 0 Å². The monoisotopic (exact) mass is 264 g/mol. The fraction of sp³-hybridized carbons (Fsp3) is 0.308. The van der Waals surface area contributed by atoms with Crippen LogP contribution in [0.15, 0.2) is 22.6 Å². The number of carbonyl (C=O) groups is 1. The van der Waals surface area contributed by atoms with Crippen molar-refractivity contribution >= 4 is 22.9 Å². The molecule has 0 saturated carbocycles. The van der Waals surface area contributed by atoms with Gasteiger partial charge in [-0.2, -0.15) is 0 Å². The number of nitrogens with zero attached hydrogens (tertiary/aromatic N) is 1. The maximum atomic E-state index is 12.2. The van der Waals surface area contributed by atoms with Crippen LogP contribution in [-0.2, 0) is 6.54 Å². The summed E-state index contributed by atoms with van der Waals surface area (Å²) in [6.45, 7) is 4.25. The third kappa shape index (κ3) is 2.56. The standard InChI is InChI=1S/C13H16N2O2S/c1-8-4-5-10(17-8)7-15(3)13(16)12-6-11(14)9(2)18-12/h4-6H,7,14H2,1-3H3. The Labute approximate surface area is 110 Å². The SMILES string of the molecule is Cc1ccc(CN(C)C(=O)c2cc(N)c(C)s2)o1. The fourth-order valence-corrected chi connectivity index (χ4v) is 2.60. The van der Waals surface area contributed by atoms with Crippen LogP contribution in [0.5, 0.6) is 0 Å². The van der Waals surface area contributed by atoms with Crippen LogP contribution in [-0.4, -0.2) is 17.9 Å². The minimum Gasteiger partial charge on any atom is -0.464 e. The number of hydrogen-bond acceptors (Lipinski definition) is 4. The lowest BCUT2D eigenvalue weighted by Crippen LogP contribution is -2.25. The predicted octanol–water partition coefficient (Wildman–Crippen LogP) is 2.81. The number of carbonyl (C=O) groups excluding carboxylic acids is 1. The summed E-state index contributed by atoms with van der Waals surface area (Å²) in [4.78, 5) is 15.4. The Morgan fingerprint density at radius 2 is 2.17 bits per heavy atom. The van der Waals surface area contributed by atoms with E-state index in [0.29, 0.717) is 17.1 Å². The molecule has 0 aliphatic heterocycles. The number of furan rings is 1. The second-order valence-corrected chi connectivity index (χ2v) is 5.55. The molecular weight excluding hydrogens is 248 g/mol. The number of aryl methyl sites for hydroxylation is 2. The van der Waals surface area contributed by atoms with Crippen LogP contribution in [0.2, 0.25) is 0 Å². The van der Waals surface area contributed by atoms with E-state index < -0.39 is 0 Å². The minimum absolute atomic E-state index is 0.0335. The minimum atomic E-state index is -0.0335. The highest BCUT2D eigenvalue weighted by atomic mass is 32.1. The highest BCUT2D eigenvalue weighted by Crippen LogP contribution is 2.24. The first-order chi connectivity index (χ1) is 8.47. The van der Waals surface area contributed by atoms with Gasteiger partial charge in [0.25, 0.3) is 5.91 Å². The average molecular weight is 264 g/mol. The van der Waals surface area contributed by atoms with Gasteiger partial charge in [0.15, 0.2) is 0 Å². The molecule has 0 aliphatic carbocycles. The molecule has 0 saturated heterocycles. The van der Waals surface area contributed by atoms with Crippen molar-refractivity contribution in [1.82, 2.24) is 4.90 Å². The van der Waals surface area contributed by atoms with Gasteiger partial charge in [-0.15, -0.1) is 11.3 Å². The quantitative estimate of drug-likeness (QED) is 0.927. The number of hydrogen-bond donors (Lipinski definition) is 1. The van der Waals surface area contributed by atoms with Crippen molar-refractivity contribution in [3.8, 4) is 0 Å². The van der Waals surface area contributed by atoms with Crippen molar-refractivity contribution in [1.29, 1.82) is 0 Å². The zero-order valence-electron chi connectivity index (χ0n) is 10.7. The van der Waals surface area contributed by atoms with Gasteiger partial charge in [0.1, 0.15) is 11.5 Å². The summed E-state index contributed by atoms with van der Waals surface area (Å²) in [5.41, 5.74) is 6.43. The summed E-state index contributed by atoms with van der Waals surface area (Å²) in [5, 5.41) is 0. The first-order valence-electron chi connectivity index (χ1n) is 5.64. The number of nitrogens with two attached hydrogens (primary N) is 1. The third-order valence-corrected chi connectivity index (χ3v) is 3.76. The molecule has 0 aromatic carbocycles. The van der Waals surface area contributed by atoms with E-state index in [9.17, 15) is 4.79 Å². The highest BCUT2D eigenvalue weighted by Gasteiger charge is 2.16. The maximum absolute atomic E-state index is 12.2. The average Bonchev–Trinajstić information content (AvgIpc) is 2.85. The van der Waals surface area contributed by atoms with Gasteiger partial charge in [0.05, 0.1) is 11.4 Å². The van der Waals surface area contributed by atoms with Crippen molar-refractivity contribution in [2.24, 2.45) is 0 Å². The van der Waals surface area contributed by atoms with E-state index in [-0.39, 0.29) is 5.91 Å². The Morgan fingerprint density at radius 3 is 2.67 bits per heavy atom. The van der Waals surface area contributed by atoms with Gasteiger partial charge in [0, 0.05) is 17.6 Å². The normalized spacial score (nSPS) is 10.6. The molecule has 0 aliphatic rings. The van der Waals surface area contributed by atoms with Crippen LogP contribution >= 0.6 is 11.3 Å². The fourth-order valence-electron chi connectivity index (χ4n) is 1.67. The summed E-state index contributed by atoms with van der Waals surface area (Å²) >= 11 is 1.42. The molecule has 0 spiro atoms. The molecule has 4 nitrogen and oxygen atoms in total. The van der Waals surface area contributed by atoms with Gasteiger partial charge in [-0.05, 0) is 32.0 Å². The Hall–Kier alpha value is -1.75. The summed E-state index contributed by atoms with van der Waals surface area (Å²) in [6, 6.07) is 5.50. The van der Waals surface area contributed by atoms with Gasteiger partial charge in [-0.25, -0.2) is 0 Å². The van der Waals surface area contributed by atoms with Crippen LogP contribution in [0.4, 0.5) is 5.69 Å². The van der Waals surface area contributed by atoms with Crippen molar-refractivity contribution in [3.05, 3.63) is 39.5 Å². The molecule has 0 unspecified atom stereocenters. The van der Waals surface area contributed by atoms with Crippen molar-refractivity contribution in [2.75, 3.05) is 12.8 Å². The van der Waals surface area contributed by atoms with Crippen molar-refractivity contribution < 1.29 is 9.21 Å². The summed E-state index contributed by atoms with van der Waals surface area (Å²) < 4.78 is 5.45. The van der Waals surface area contributed by atoms with Gasteiger partial charge in [-0.3, -0.25) is 4.79 Å². The second kappa shape index (κ2) is 4.86. The molecule has 2 rings (SSSR count). The lowest BCUT2D eigenvalue weighted by Gasteiger charge is -2.14. The van der Waals surface area contributed by atoms with E-state index in [1.165, 1.54) is 11.3 Å². The zero-order valence-corrected chi connectivity index (χ0v) is 11.5. The summed E-state index contributed by atoms with van der Waals surface area (Å²) in [5.74, 6) is 1.60. The van der Waals surface area contributed by atoms with Crippen LogP contribution in [0.3, 0.4) is 0 Å². The highest BCUT2D eigenvalue weighted by molar-refractivity contribution is 7.14. The van der Waals surface area contributed by atoms with Crippen LogP contribution < -0.4 is 5.73 Å². The first-order valence-corrected chi connectivity index (χ1v) is 6.45. The lowest BCUT2D eigenvalue weighted by molar-refractivity contribution is 0.0780. The molecule has 0 radical (unpaired) electrons. The Kier molecular flexibility index (Phi) is 3.43. The molecule has 1 amide bonds. The molecule has 2 heterocycles. The van der Waals surface area contributed by atoms with E-state index in [2.05, 4.69) is 0 Å². The molecule has 5 heteroatoms. The molecule has 0 fully saturated rings. The molecule has 2 N–H and O–H groups in total. The third-order valence-electron chi connectivity index (χ3n) is 2.70. The molecule has 0 bridgehead atoms. The van der Waals surface area contributed by atoms with E-state index in [1.54, 1.807) is 18.0 Å². The maximum Gasteiger partial charge on any atom is 0.264 e. The summed E-state index contributed by atoms with van der Waals surface area (Å²) in [7, 11) is 1.76. The molecule has 18 heavy (non-hydrogen) atoms. The first kappa shape index (κ1) is 12.7. The zero-order chi connectivity index (χ0) is 13.3. The largest absolute Gasteiger partial charge is 0.464 e. The van der Waals surface area contributed by atoms with E-state index in [4.69, 9.17) is 10.2 Å². The molecular formula is C13H16N2O2S. The van der Waals surface area contributed by atoms with Gasteiger partial charge < -0.3 is 15.1 Å². The smallest absolute Gasteiger partial charge is 0.264 e. The van der Waals surface area contributed by atoms with Crippen LogP contribution in [0.25, 0.3) is 0 Å². The predicted molar refractivity (Wildman–Crippen MR) is 72.7 cm³/mol. The molecule has 2 aromatic heterocycles. The number of anilines is 1. The van der Waals surface area contributed by atoms with Crippen LogP contribution in [0, 0.1) is 13.8 Å². The topological polar surface area (TPSA) is 59.5 Å².